The van der Waals surface area contributed by atoms with Gasteiger partial charge in [0.2, 0.25) is 0 Å². The van der Waals surface area contributed by atoms with E-state index < -0.39 is 19.5 Å². The van der Waals surface area contributed by atoms with Gasteiger partial charge in [-0.3, -0.25) is 9.78 Å². The molecule has 0 radical (unpaired) electrons. The lowest BCUT2D eigenvalue weighted by Crippen LogP contribution is -2.67. The van der Waals surface area contributed by atoms with Crippen LogP contribution in [0.15, 0.2) is 109 Å². The summed E-state index contributed by atoms with van der Waals surface area (Å²) in [5, 5.41) is 2.42. The van der Waals surface area contributed by atoms with Gasteiger partial charge in [-0.25, -0.2) is 0 Å². The number of benzene rings is 2. The van der Waals surface area contributed by atoms with E-state index in [-0.39, 0.29) is 47.3 Å². The van der Waals surface area contributed by atoms with Crippen LogP contribution in [0.2, 0.25) is 5.04 Å². The summed E-state index contributed by atoms with van der Waals surface area (Å²) in [6.07, 6.45) is 10.7. The van der Waals surface area contributed by atoms with E-state index in [1.165, 1.54) is 15.9 Å². The SMILES string of the molecule is C=C(C)[C@H](CC=C(C)CCC[C@H](C)[C@H](OC1CCCCO1)C(C)C(=O)C(C)(Cc1ccccn1)[C@@H]1CCOC(C)(C)O1)O[Si](c1ccccc1)(c1ccccc1)C(C)(C)C. The summed E-state index contributed by atoms with van der Waals surface area (Å²) in [5.74, 6) is -0.901. The maximum Gasteiger partial charge on any atom is 0.261 e. The van der Waals surface area contributed by atoms with Gasteiger partial charge >= 0.3 is 0 Å². The molecule has 2 aliphatic heterocycles. The van der Waals surface area contributed by atoms with E-state index in [1.54, 1.807) is 6.20 Å². The van der Waals surface area contributed by atoms with Gasteiger partial charge in [0, 0.05) is 30.8 Å². The van der Waals surface area contributed by atoms with E-state index in [4.69, 9.17) is 23.4 Å². The Kier molecular flexibility index (Phi) is 16.9. The van der Waals surface area contributed by atoms with Gasteiger partial charge in [-0.05, 0) is 119 Å². The molecule has 1 aromatic heterocycles. The molecule has 0 N–H and O–H groups in total. The van der Waals surface area contributed by atoms with Crippen LogP contribution in [0.5, 0.6) is 0 Å². The molecule has 60 heavy (non-hydrogen) atoms. The number of nitrogens with zero attached hydrogens (tertiary/aromatic N) is 1. The largest absolute Gasteiger partial charge is 0.401 e. The molecule has 7 nitrogen and oxygen atoms in total. The van der Waals surface area contributed by atoms with Crippen LogP contribution in [-0.4, -0.2) is 62.7 Å². The fourth-order valence-electron chi connectivity index (χ4n) is 9.47. The van der Waals surface area contributed by atoms with Crippen LogP contribution in [0.25, 0.3) is 0 Å². The number of pyridine rings is 1. The van der Waals surface area contributed by atoms with Crippen LogP contribution in [0.4, 0.5) is 0 Å². The van der Waals surface area contributed by atoms with Gasteiger partial charge < -0.3 is 23.4 Å². The molecule has 5 rings (SSSR count). The van der Waals surface area contributed by atoms with Crippen molar-refractivity contribution < 1.29 is 28.2 Å². The minimum Gasteiger partial charge on any atom is -0.401 e. The second kappa shape index (κ2) is 21.2. The minimum atomic E-state index is -2.75. The molecule has 0 spiro atoms. The van der Waals surface area contributed by atoms with Crippen molar-refractivity contribution in [3.63, 3.8) is 0 Å². The Morgan fingerprint density at radius 1 is 0.933 bits per heavy atom. The normalized spacial score (nSPS) is 21.9. The van der Waals surface area contributed by atoms with E-state index in [1.807, 2.05) is 32.0 Å². The Labute approximate surface area is 363 Å². The fraction of sp³-hybridized carbons (Fsp3) is 0.577. The van der Waals surface area contributed by atoms with E-state index in [2.05, 4.69) is 134 Å². The smallest absolute Gasteiger partial charge is 0.261 e. The average Bonchev–Trinajstić information content (AvgIpc) is 3.22. The Morgan fingerprint density at radius 2 is 1.58 bits per heavy atom. The van der Waals surface area contributed by atoms with E-state index >= 15 is 4.79 Å². The molecule has 3 heterocycles. The number of ketones is 1. The minimum absolute atomic E-state index is 0.120. The van der Waals surface area contributed by atoms with Gasteiger partial charge in [-0.2, -0.15) is 0 Å². The van der Waals surface area contributed by atoms with Gasteiger partial charge in [0.25, 0.3) is 8.32 Å². The predicted octanol–water partition coefficient (Wildman–Crippen LogP) is 11.0. The molecule has 0 amide bonds. The Bertz CT molecular complexity index is 1780. The molecule has 0 bridgehead atoms. The number of rotatable bonds is 20. The molecule has 2 aliphatic rings. The summed E-state index contributed by atoms with van der Waals surface area (Å²) < 4.78 is 33.0. The monoisotopic (exact) mass is 838 g/mol. The highest BCUT2D eigenvalue weighted by molar-refractivity contribution is 6.99. The number of Topliss-reactive ketones (excluding diaryl/α,β-unsaturated/α-hetero) is 1. The first-order valence-corrected chi connectivity index (χ1v) is 24.5. The summed E-state index contributed by atoms with van der Waals surface area (Å²) in [6.45, 7) is 27.2. The van der Waals surface area contributed by atoms with E-state index in [9.17, 15) is 0 Å². The third-order valence-electron chi connectivity index (χ3n) is 12.9. The van der Waals surface area contributed by atoms with Gasteiger partial charge in [0.15, 0.2) is 12.1 Å². The van der Waals surface area contributed by atoms with Crippen LogP contribution in [0.1, 0.15) is 126 Å². The van der Waals surface area contributed by atoms with Gasteiger partial charge in [-0.1, -0.05) is 125 Å². The number of carbonyl (C=O) groups is 1. The van der Waals surface area contributed by atoms with Gasteiger partial charge in [0.05, 0.1) is 30.3 Å². The van der Waals surface area contributed by atoms with Gasteiger partial charge in [0.1, 0.15) is 5.78 Å². The quantitative estimate of drug-likeness (QED) is 0.0829. The molecule has 2 fully saturated rings. The van der Waals surface area contributed by atoms with Crippen LogP contribution in [0.3, 0.4) is 0 Å². The molecule has 8 heteroatoms. The van der Waals surface area contributed by atoms with Crippen molar-refractivity contribution in [3.8, 4) is 0 Å². The molecule has 7 atom stereocenters. The number of carbonyl (C=O) groups excluding carboxylic acids is 1. The fourth-order valence-corrected chi connectivity index (χ4v) is 14.2. The Hall–Kier alpha value is -3.24. The zero-order chi connectivity index (χ0) is 43.6. The van der Waals surface area contributed by atoms with Crippen LogP contribution >= 0.6 is 0 Å². The standard InChI is InChI=1S/C52H75NO6Si/c1-38(2)45(59-60(50(6,7)8,43-26-14-12-15-27-43)44-28-16-13-17-29-44)32-31-39(3)23-22-24-40(4)48(57-47-30-19-21-35-55-47)41(5)49(54)52(11,37-42-25-18-20-34-53-42)46-33-36-56-51(9,10)58-46/h12-18,20,25-29,31,34,40-41,45-48H,1,19,21-24,30,32-33,35-37H2,2-11H3/t40-,41?,45-,46-,47?,48-,52?/m0/s1. The lowest BCUT2D eigenvalue weighted by atomic mass is 9.68. The Balaban J connectivity index is 1.32. The molecule has 2 aromatic carbocycles. The molecular formula is C52H75NO6Si. The van der Waals surface area contributed by atoms with Crippen molar-refractivity contribution in [1.29, 1.82) is 0 Å². The molecule has 3 unspecified atom stereocenters. The molecule has 0 saturated carbocycles. The number of hydrogen-bond donors (Lipinski definition) is 0. The zero-order valence-electron chi connectivity index (χ0n) is 38.5. The maximum absolute atomic E-state index is 15.1. The van der Waals surface area contributed by atoms with Crippen molar-refractivity contribution in [2.75, 3.05) is 13.2 Å². The van der Waals surface area contributed by atoms with Crippen LogP contribution in [0, 0.1) is 17.3 Å². The second-order valence-electron chi connectivity index (χ2n) is 19.4. The first-order valence-electron chi connectivity index (χ1n) is 22.6. The number of aromatic nitrogens is 1. The van der Waals surface area contributed by atoms with Crippen molar-refractivity contribution >= 4 is 24.5 Å². The van der Waals surface area contributed by atoms with E-state index in [0.29, 0.717) is 26.1 Å². The second-order valence-corrected chi connectivity index (χ2v) is 23.6. The number of ether oxygens (including phenoxy) is 4. The maximum atomic E-state index is 15.1. The predicted molar refractivity (Wildman–Crippen MR) is 247 cm³/mol. The highest BCUT2D eigenvalue weighted by Gasteiger charge is 2.52. The first-order chi connectivity index (χ1) is 28.5. The lowest BCUT2D eigenvalue weighted by molar-refractivity contribution is -0.290. The van der Waals surface area contributed by atoms with Crippen molar-refractivity contribution in [2.45, 2.75) is 162 Å². The first kappa shape index (κ1) is 47.8. The number of hydrogen-bond acceptors (Lipinski definition) is 7. The molecule has 328 valence electrons. The van der Waals surface area contributed by atoms with Crippen LogP contribution < -0.4 is 10.4 Å². The third-order valence-corrected chi connectivity index (χ3v) is 18.0. The summed E-state index contributed by atoms with van der Waals surface area (Å²) in [7, 11) is -2.75. The van der Waals surface area contributed by atoms with Crippen molar-refractivity contribution in [2.24, 2.45) is 17.3 Å². The molecule has 3 aromatic rings. The summed E-state index contributed by atoms with van der Waals surface area (Å²) in [6, 6.07) is 27.6. The van der Waals surface area contributed by atoms with E-state index in [0.717, 1.165) is 56.2 Å². The topological polar surface area (TPSA) is 76.1 Å². The van der Waals surface area contributed by atoms with Crippen molar-refractivity contribution in [1.82, 2.24) is 4.98 Å². The zero-order valence-corrected chi connectivity index (χ0v) is 39.5. The van der Waals surface area contributed by atoms with Crippen LogP contribution in [-0.2, 0) is 34.6 Å². The summed E-state index contributed by atoms with van der Waals surface area (Å²) in [5.41, 5.74) is 2.41. The molecule has 0 aliphatic carbocycles. The Morgan fingerprint density at radius 3 is 2.13 bits per heavy atom. The summed E-state index contributed by atoms with van der Waals surface area (Å²) in [4.78, 5) is 19.8. The molecular weight excluding hydrogens is 763 g/mol. The highest BCUT2D eigenvalue weighted by Crippen LogP contribution is 2.42. The van der Waals surface area contributed by atoms with Gasteiger partial charge in [-0.15, -0.1) is 0 Å². The summed E-state index contributed by atoms with van der Waals surface area (Å²) >= 11 is 0. The molecule has 2 saturated heterocycles. The van der Waals surface area contributed by atoms with Crippen molar-refractivity contribution in [3.05, 3.63) is 115 Å². The number of allylic oxidation sites excluding steroid dienone is 1. The lowest BCUT2D eigenvalue weighted by Gasteiger charge is -2.46. The third kappa shape index (κ3) is 12.0. The highest BCUT2D eigenvalue weighted by atomic mass is 28.4. The average molecular weight is 838 g/mol.